The number of nitrogens with one attached hydrogen (secondary N) is 1. The Morgan fingerprint density at radius 1 is 1.35 bits per heavy atom. The lowest BCUT2D eigenvalue weighted by atomic mass is 10.0. The van der Waals surface area contributed by atoms with Crippen molar-refractivity contribution in [3.8, 4) is 0 Å². The number of benzene rings is 1. The van der Waals surface area contributed by atoms with Crippen LogP contribution in [0.1, 0.15) is 30.7 Å². The van der Waals surface area contributed by atoms with E-state index in [2.05, 4.69) is 10.3 Å². The van der Waals surface area contributed by atoms with E-state index in [0.717, 1.165) is 5.69 Å². The van der Waals surface area contributed by atoms with E-state index in [1.807, 2.05) is 12.1 Å². The van der Waals surface area contributed by atoms with Gasteiger partial charge in [-0.25, -0.2) is 4.39 Å². The lowest BCUT2D eigenvalue weighted by molar-refractivity contribution is -0.122. The first kappa shape index (κ1) is 17.4. The Balaban J connectivity index is 1.93. The first-order valence-electron chi connectivity index (χ1n) is 7.30. The average molecular weight is 337 g/mol. The van der Waals surface area contributed by atoms with Gasteiger partial charge in [0, 0.05) is 28.9 Å². The van der Waals surface area contributed by atoms with Crippen molar-refractivity contribution in [1.29, 1.82) is 0 Å². The van der Waals surface area contributed by atoms with Gasteiger partial charge >= 0.3 is 0 Å². The van der Waals surface area contributed by atoms with E-state index in [9.17, 15) is 14.3 Å². The number of hydrogen-bond acceptors (Lipinski definition) is 3. The molecule has 0 fully saturated rings. The van der Waals surface area contributed by atoms with Crippen LogP contribution in [0.2, 0.25) is 5.02 Å². The second-order valence-corrected chi connectivity index (χ2v) is 5.66. The molecule has 0 saturated heterocycles. The summed E-state index contributed by atoms with van der Waals surface area (Å²) in [5.74, 6) is -0.839. The van der Waals surface area contributed by atoms with Gasteiger partial charge in [-0.2, -0.15) is 0 Å². The van der Waals surface area contributed by atoms with E-state index in [4.69, 9.17) is 11.6 Å². The van der Waals surface area contributed by atoms with Crippen LogP contribution in [-0.4, -0.2) is 22.0 Å². The van der Waals surface area contributed by atoms with Crippen molar-refractivity contribution in [2.24, 2.45) is 0 Å². The highest BCUT2D eigenvalue weighted by molar-refractivity contribution is 6.31. The molecule has 0 radical (unpaired) electrons. The fourth-order valence-electron chi connectivity index (χ4n) is 2.24. The summed E-state index contributed by atoms with van der Waals surface area (Å²) >= 11 is 5.93. The van der Waals surface area contributed by atoms with Crippen LogP contribution in [-0.2, 0) is 11.2 Å². The predicted octanol–water partition coefficient (Wildman–Crippen LogP) is 3.05. The Labute approximate surface area is 139 Å². The Hall–Kier alpha value is -1.98. The van der Waals surface area contributed by atoms with Crippen LogP contribution < -0.4 is 5.32 Å². The Morgan fingerprint density at radius 2 is 2.13 bits per heavy atom. The number of pyridine rings is 1. The quantitative estimate of drug-likeness (QED) is 0.852. The summed E-state index contributed by atoms with van der Waals surface area (Å²) in [6.07, 6.45) is 1.18. The number of carbonyl (C=O) groups is 1. The molecule has 0 saturated carbocycles. The van der Waals surface area contributed by atoms with E-state index in [-0.39, 0.29) is 22.9 Å². The third kappa shape index (κ3) is 4.74. The SMILES string of the molecule is C[C@@H](NC(=O)CCc1ccccn1)[C@H](O)c1c(F)cccc1Cl. The van der Waals surface area contributed by atoms with Crippen LogP contribution >= 0.6 is 11.6 Å². The third-order valence-electron chi connectivity index (χ3n) is 3.49. The Bertz CT molecular complexity index is 647. The molecule has 0 spiro atoms. The van der Waals surface area contributed by atoms with Crippen molar-refractivity contribution < 1.29 is 14.3 Å². The Morgan fingerprint density at radius 3 is 2.78 bits per heavy atom. The van der Waals surface area contributed by atoms with Gasteiger partial charge in [-0.1, -0.05) is 23.7 Å². The van der Waals surface area contributed by atoms with E-state index in [1.54, 1.807) is 19.2 Å². The molecule has 1 aromatic carbocycles. The molecule has 0 bridgehead atoms. The molecule has 0 aliphatic heterocycles. The molecule has 23 heavy (non-hydrogen) atoms. The number of halogens is 2. The minimum Gasteiger partial charge on any atom is -0.386 e. The highest BCUT2D eigenvalue weighted by Crippen LogP contribution is 2.27. The van der Waals surface area contributed by atoms with Crippen molar-refractivity contribution in [2.75, 3.05) is 0 Å². The van der Waals surface area contributed by atoms with Gasteiger partial charge in [0.25, 0.3) is 0 Å². The number of aliphatic hydroxyl groups excluding tert-OH is 1. The van der Waals surface area contributed by atoms with Crippen molar-refractivity contribution in [1.82, 2.24) is 10.3 Å². The maximum absolute atomic E-state index is 13.8. The molecule has 2 aromatic rings. The highest BCUT2D eigenvalue weighted by atomic mass is 35.5. The molecule has 1 heterocycles. The molecule has 0 aliphatic rings. The summed E-state index contributed by atoms with van der Waals surface area (Å²) in [5, 5.41) is 13.0. The molecule has 2 atom stereocenters. The molecule has 1 amide bonds. The number of rotatable bonds is 6. The number of aryl methyl sites for hydroxylation is 1. The normalized spacial score (nSPS) is 13.4. The molecule has 0 aliphatic carbocycles. The highest BCUT2D eigenvalue weighted by Gasteiger charge is 2.23. The van der Waals surface area contributed by atoms with Crippen LogP contribution in [0.4, 0.5) is 4.39 Å². The lowest BCUT2D eigenvalue weighted by Gasteiger charge is -2.22. The number of aromatic nitrogens is 1. The van der Waals surface area contributed by atoms with E-state index in [0.29, 0.717) is 6.42 Å². The summed E-state index contributed by atoms with van der Waals surface area (Å²) < 4.78 is 13.8. The average Bonchev–Trinajstić information content (AvgIpc) is 2.53. The monoisotopic (exact) mass is 336 g/mol. The summed E-state index contributed by atoms with van der Waals surface area (Å²) in [4.78, 5) is 16.1. The van der Waals surface area contributed by atoms with Crippen molar-refractivity contribution in [3.05, 3.63) is 64.7 Å². The van der Waals surface area contributed by atoms with Gasteiger partial charge in [0.15, 0.2) is 0 Å². The largest absolute Gasteiger partial charge is 0.386 e. The van der Waals surface area contributed by atoms with Gasteiger partial charge in [-0.15, -0.1) is 0 Å². The van der Waals surface area contributed by atoms with Gasteiger partial charge < -0.3 is 10.4 Å². The number of carbonyl (C=O) groups excluding carboxylic acids is 1. The van der Waals surface area contributed by atoms with Gasteiger partial charge in [0.05, 0.1) is 6.04 Å². The fraction of sp³-hybridized carbons (Fsp3) is 0.294. The molecule has 2 N–H and O–H groups in total. The predicted molar refractivity (Wildman–Crippen MR) is 86.5 cm³/mol. The summed E-state index contributed by atoms with van der Waals surface area (Å²) in [6, 6.07) is 9.01. The lowest BCUT2D eigenvalue weighted by Crippen LogP contribution is -2.37. The van der Waals surface area contributed by atoms with Gasteiger partial charge in [0.1, 0.15) is 11.9 Å². The van der Waals surface area contributed by atoms with Crippen LogP contribution in [0.25, 0.3) is 0 Å². The topological polar surface area (TPSA) is 62.2 Å². The zero-order valence-corrected chi connectivity index (χ0v) is 13.4. The first-order chi connectivity index (χ1) is 11.0. The van der Waals surface area contributed by atoms with E-state index < -0.39 is 18.0 Å². The molecule has 1 aromatic heterocycles. The zero-order valence-electron chi connectivity index (χ0n) is 12.7. The van der Waals surface area contributed by atoms with Crippen molar-refractivity contribution in [3.63, 3.8) is 0 Å². The van der Waals surface area contributed by atoms with E-state index >= 15 is 0 Å². The van der Waals surface area contributed by atoms with Crippen molar-refractivity contribution >= 4 is 17.5 Å². The number of hydrogen-bond donors (Lipinski definition) is 2. The number of nitrogens with zero attached hydrogens (tertiary/aromatic N) is 1. The second kappa shape index (κ2) is 8.04. The minimum absolute atomic E-state index is 0.00769. The third-order valence-corrected chi connectivity index (χ3v) is 3.82. The Kier molecular flexibility index (Phi) is 6.07. The fourth-order valence-corrected chi connectivity index (χ4v) is 2.51. The summed E-state index contributed by atoms with van der Waals surface area (Å²) in [7, 11) is 0. The van der Waals surface area contributed by atoms with E-state index in [1.165, 1.54) is 18.2 Å². The van der Waals surface area contributed by atoms with Gasteiger partial charge in [-0.05, 0) is 37.6 Å². The standard InChI is InChI=1S/C17H18ClFN2O2/c1-11(17(23)16-13(18)6-4-7-14(16)19)21-15(22)9-8-12-5-2-3-10-20-12/h2-7,10-11,17,23H,8-9H2,1H3,(H,21,22)/t11-,17+/m1/s1. The molecule has 2 rings (SSSR count). The van der Waals surface area contributed by atoms with Gasteiger partial charge in [-0.3, -0.25) is 9.78 Å². The zero-order chi connectivity index (χ0) is 16.8. The maximum Gasteiger partial charge on any atom is 0.220 e. The molecule has 0 unspecified atom stereocenters. The summed E-state index contributed by atoms with van der Waals surface area (Å²) in [5.41, 5.74) is 0.805. The summed E-state index contributed by atoms with van der Waals surface area (Å²) in [6.45, 7) is 1.60. The van der Waals surface area contributed by atoms with Crippen LogP contribution in [0.15, 0.2) is 42.6 Å². The van der Waals surface area contributed by atoms with Gasteiger partial charge in [0.2, 0.25) is 5.91 Å². The second-order valence-electron chi connectivity index (χ2n) is 5.26. The molecule has 4 nitrogen and oxygen atoms in total. The first-order valence-corrected chi connectivity index (χ1v) is 7.68. The number of aliphatic hydroxyl groups is 1. The van der Waals surface area contributed by atoms with Crippen LogP contribution in [0.5, 0.6) is 0 Å². The number of amides is 1. The molecular weight excluding hydrogens is 319 g/mol. The molecular formula is C17H18ClFN2O2. The van der Waals surface area contributed by atoms with Crippen molar-refractivity contribution in [2.45, 2.75) is 31.9 Å². The molecule has 6 heteroatoms. The maximum atomic E-state index is 13.8. The van der Waals surface area contributed by atoms with Crippen LogP contribution in [0, 0.1) is 5.82 Å². The molecule has 122 valence electrons. The van der Waals surface area contributed by atoms with Crippen LogP contribution in [0.3, 0.4) is 0 Å². The minimum atomic E-state index is -1.22. The smallest absolute Gasteiger partial charge is 0.220 e.